The highest BCUT2D eigenvalue weighted by Crippen LogP contribution is 2.12. The number of ether oxygens (including phenoxy) is 1. The molecular weight excluding hydrogens is 408 g/mol. The summed E-state index contributed by atoms with van der Waals surface area (Å²) in [5.41, 5.74) is 0. The van der Waals surface area contributed by atoms with Crippen LogP contribution in [0, 0.1) is 0 Å². The smallest absolute Gasteiger partial charge is 0.152 e. The topological polar surface area (TPSA) is 63.6 Å². The van der Waals surface area contributed by atoms with E-state index in [1.807, 2.05) is 0 Å². The van der Waals surface area contributed by atoms with Gasteiger partial charge in [-0.05, 0) is 12.8 Å². The van der Waals surface area contributed by atoms with Gasteiger partial charge in [-0.2, -0.15) is 0 Å². The Bertz CT molecular complexity index is 450. The summed E-state index contributed by atoms with van der Waals surface area (Å²) in [6.45, 7) is 4.81. The molecule has 1 atom stereocenters. The minimum absolute atomic E-state index is 0.0433. The molecule has 0 rings (SSSR count). The lowest BCUT2D eigenvalue weighted by Gasteiger charge is -2.15. The lowest BCUT2D eigenvalue weighted by atomic mass is 10.1. The van der Waals surface area contributed by atoms with Gasteiger partial charge in [0.1, 0.15) is 0 Å². The van der Waals surface area contributed by atoms with Crippen molar-refractivity contribution in [1.82, 2.24) is 0 Å². The molecule has 1 N–H and O–H groups in total. The lowest BCUT2D eigenvalue weighted by Crippen LogP contribution is -2.29. The molecule has 0 aromatic carbocycles. The molecule has 0 aliphatic heterocycles. The van der Waals surface area contributed by atoms with Crippen LogP contribution in [0.5, 0.6) is 0 Å². The SMILES string of the molecule is CCCCCCCCCCCCS(=O)(=O)CC(CO)OCCCCCCCCCCC. The van der Waals surface area contributed by atoms with E-state index in [1.165, 1.54) is 89.9 Å². The normalized spacial score (nSPS) is 13.0. The van der Waals surface area contributed by atoms with E-state index in [-0.39, 0.29) is 18.1 Å². The Labute approximate surface area is 194 Å². The van der Waals surface area contributed by atoms with Gasteiger partial charge in [-0.1, -0.05) is 123 Å². The average Bonchev–Trinajstić information content (AvgIpc) is 2.75. The zero-order valence-electron chi connectivity index (χ0n) is 20.9. The molecule has 0 saturated carbocycles. The highest BCUT2D eigenvalue weighted by atomic mass is 32.2. The van der Waals surface area contributed by atoms with Gasteiger partial charge in [-0.15, -0.1) is 0 Å². The standard InChI is InChI=1S/C26H54O4S/c1-3-5-7-9-11-13-15-17-19-21-23-31(28,29)25-26(24-27)30-22-20-18-16-14-12-10-8-6-4-2/h26-27H,3-25H2,1-2H3. The van der Waals surface area contributed by atoms with E-state index in [2.05, 4.69) is 13.8 Å². The first kappa shape index (κ1) is 30.9. The molecule has 188 valence electrons. The molecule has 0 spiro atoms. The predicted octanol–water partition coefficient (Wildman–Crippen LogP) is 7.23. The molecule has 0 aliphatic rings. The molecule has 31 heavy (non-hydrogen) atoms. The molecule has 0 bridgehead atoms. The molecular formula is C26H54O4S. The van der Waals surface area contributed by atoms with Gasteiger partial charge in [0, 0.05) is 6.61 Å². The Morgan fingerprint density at radius 1 is 0.613 bits per heavy atom. The maximum Gasteiger partial charge on any atom is 0.152 e. The van der Waals surface area contributed by atoms with Crippen LogP contribution in [-0.2, 0) is 14.6 Å². The van der Waals surface area contributed by atoms with E-state index in [0.29, 0.717) is 6.61 Å². The van der Waals surface area contributed by atoms with Crippen molar-refractivity contribution in [2.45, 2.75) is 142 Å². The Hall–Kier alpha value is -0.130. The van der Waals surface area contributed by atoms with Gasteiger partial charge >= 0.3 is 0 Å². The van der Waals surface area contributed by atoms with E-state index in [1.54, 1.807) is 0 Å². The molecule has 4 nitrogen and oxygen atoms in total. The van der Waals surface area contributed by atoms with E-state index in [9.17, 15) is 13.5 Å². The molecule has 0 amide bonds. The summed E-state index contributed by atoms with van der Waals surface area (Å²) in [5, 5.41) is 9.49. The third-order valence-electron chi connectivity index (χ3n) is 6.05. The van der Waals surface area contributed by atoms with Gasteiger partial charge in [0.2, 0.25) is 0 Å². The van der Waals surface area contributed by atoms with E-state index >= 15 is 0 Å². The highest BCUT2D eigenvalue weighted by Gasteiger charge is 2.19. The largest absolute Gasteiger partial charge is 0.394 e. The summed E-state index contributed by atoms with van der Waals surface area (Å²) < 4.78 is 30.3. The van der Waals surface area contributed by atoms with Crippen LogP contribution in [-0.4, -0.2) is 44.3 Å². The molecule has 0 aliphatic carbocycles. The number of aliphatic hydroxyl groups is 1. The van der Waals surface area contributed by atoms with Gasteiger partial charge in [0.15, 0.2) is 9.84 Å². The second kappa shape index (κ2) is 23.0. The first-order valence-corrected chi connectivity index (χ1v) is 15.3. The second-order valence-corrected chi connectivity index (χ2v) is 11.5. The number of hydrogen-bond acceptors (Lipinski definition) is 4. The van der Waals surface area contributed by atoms with E-state index < -0.39 is 15.9 Å². The Morgan fingerprint density at radius 3 is 1.42 bits per heavy atom. The van der Waals surface area contributed by atoms with Crippen LogP contribution in [0.15, 0.2) is 0 Å². The van der Waals surface area contributed by atoms with Gasteiger partial charge in [-0.3, -0.25) is 0 Å². The maximum absolute atomic E-state index is 12.3. The van der Waals surface area contributed by atoms with E-state index in [4.69, 9.17) is 4.74 Å². The Balaban J connectivity index is 3.65. The number of rotatable bonds is 25. The van der Waals surface area contributed by atoms with Crippen molar-refractivity contribution in [2.75, 3.05) is 24.7 Å². The van der Waals surface area contributed by atoms with Crippen LogP contribution < -0.4 is 0 Å². The fourth-order valence-electron chi connectivity index (χ4n) is 3.99. The minimum atomic E-state index is -3.15. The van der Waals surface area contributed by atoms with Crippen LogP contribution in [0.2, 0.25) is 0 Å². The molecule has 0 radical (unpaired) electrons. The lowest BCUT2D eigenvalue weighted by molar-refractivity contribution is 0.0250. The maximum atomic E-state index is 12.3. The van der Waals surface area contributed by atoms with Crippen molar-refractivity contribution >= 4 is 9.84 Å². The van der Waals surface area contributed by atoms with Gasteiger partial charge in [0.25, 0.3) is 0 Å². The van der Waals surface area contributed by atoms with Crippen LogP contribution in [0.3, 0.4) is 0 Å². The first-order valence-electron chi connectivity index (χ1n) is 13.5. The van der Waals surface area contributed by atoms with Crippen molar-refractivity contribution in [2.24, 2.45) is 0 Å². The number of aliphatic hydroxyl groups excluding tert-OH is 1. The quantitative estimate of drug-likeness (QED) is 0.145. The third kappa shape index (κ3) is 22.8. The van der Waals surface area contributed by atoms with Crippen molar-refractivity contribution in [1.29, 1.82) is 0 Å². The number of unbranched alkanes of at least 4 members (excludes halogenated alkanes) is 17. The summed E-state index contributed by atoms with van der Waals surface area (Å²) in [7, 11) is -3.15. The predicted molar refractivity (Wildman–Crippen MR) is 135 cm³/mol. The summed E-state index contributed by atoms with van der Waals surface area (Å²) in [6, 6.07) is 0. The van der Waals surface area contributed by atoms with Gasteiger partial charge in [0.05, 0.1) is 24.2 Å². The van der Waals surface area contributed by atoms with Crippen molar-refractivity contribution in [3.05, 3.63) is 0 Å². The average molecular weight is 463 g/mol. The number of hydrogen-bond donors (Lipinski definition) is 1. The molecule has 0 aromatic heterocycles. The summed E-state index contributed by atoms with van der Waals surface area (Å²) in [4.78, 5) is 0. The fraction of sp³-hybridized carbons (Fsp3) is 1.00. The summed E-state index contributed by atoms with van der Waals surface area (Å²) in [6.07, 6.45) is 22.6. The Kier molecular flexibility index (Phi) is 22.9. The summed E-state index contributed by atoms with van der Waals surface area (Å²) in [5.74, 6) is 0.180. The van der Waals surface area contributed by atoms with Crippen LogP contribution >= 0.6 is 0 Å². The number of sulfone groups is 1. The zero-order chi connectivity index (χ0) is 23.0. The molecule has 5 heteroatoms. The zero-order valence-corrected chi connectivity index (χ0v) is 21.7. The summed E-state index contributed by atoms with van der Waals surface area (Å²) >= 11 is 0. The van der Waals surface area contributed by atoms with E-state index in [0.717, 1.165) is 32.1 Å². The van der Waals surface area contributed by atoms with Crippen LogP contribution in [0.1, 0.15) is 136 Å². The molecule has 0 aromatic rings. The van der Waals surface area contributed by atoms with Gasteiger partial charge < -0.3 is 9.84 Å². The fourth-order valence-corrected chi connectivity index (χ4v) is 5.57. The highest BCUT2D eigenvalue weighted by molar-refractivity contribution is 7.91. The van der Waals surface area contributed by atoms with Crippen molar-refractivity contribution in [3.63, 3.8) is 0 Å². The monoisotopic (exact) mass is 462 g/mol. The van der Waals surface area contributed by atoms with Gasteiger partial charge in [-0.25, -0.2) is 8.42 Å². The Morgan fingerprint density at radius 2 is 1.00 bits per heavy atom. The molecule has 0 heterocycles. The third-order valence-corrected chi connectivity index (χ3v) is 7.84. The molecule has 1 unspecified atom stereocenters. The second-order valence-electron chi connectivity index (χ2n) is 9.30. The minimum Gasteiger partial charge on any atom is -0.394 e. The van der Waals surface area contributed by atoms with Crippen LogP contribution in [0.4, 0.5) is 0 Å². The van der Waals surface area contributed by atoms with Crippen molar-refractivity contribution < 1.29 is 18.3 Å². The molecule has 0 fully saturated rings. The first-order chi connectivity index (χ1) is 15.1. The van der Waals surface area contributed by atoms with Crippen LogP contribution in [0.25, 0.3) is 0 Å². The molecule has 0 saturated heterocycles. The van der Waals surface area contributed by atoms with Crippen molar-refractivity contribution in [3.8, 4) is 0 Å².